The summed E-state index contributed by atoms with van der Waals surface area (Å²) in [6.07, 6.45) is 2.09. The van der Waals surface area contributed by atoms with E-state index in [1.165, 1.54) is 0 Å². The van der Waals surface area contributed by atoms with E-state index < -0.39 is 35.0 Å². The lowest BCUT2D eigenvalue weighted by atomic mass is 9.71. The van der Waals surface area contributed by atoms with Crippen molar-refractivity contribution >= 4 is 28.6 Å². The van der Waals surface area contributed by atoms with Crippen molar-refractivity contribution in [3.05, 3.63) is 65.1 Å². The zero-order valence-corrected chi connectivity index (χ0v) is 22.8. The molecular weight excluding hydrogens is 532 g/mol. The number of hydrogen-bond acceptors (Lipinski definition) is 5. The van der Waals surface area contributed by atoms with Gasteiger partial charge in [0, 0.05) is 36.0 Å². The fourth-order valence-corrected chi connectivity index (χ4v) is 6.39. The Labute approximate surface area is 229 Å². The predicted octanol–water partition coefficient (Wildman–Crippen LogP) is 7.11. The molecule has 5 nitrogen and oxygen atoms in total. The number of thioether (sulfide) groups is 1. The van der Waals surface area contributed by atoms with Crippen LogP contribution in [0.3, 0.4) is 0 Å². The highest BCUT2D eigenvalue weighted by Crippen LogP contribution is 2.43. The standard InChI is InChI=1S/C29H32F4N2O3S/c1-18-17-34-25-4-3-20(38-2)15-21(25)27(18)22(31)5-6-29(16-26(36)37)7-9-35(10-8-29)11-12-39-28-23(32)13-19(30)14-24(28)33/h3-4,13-15,17,22H,5-12,16H2,1-2H3,(H,36,37)/t22-/m1/s1. The SMILES string of the molecule is COc1ccc2ncc(C)c([C@H](F)CCC3(CC(=O)O)CCN(CCSc4c(F)cc(F)cc4F)CC3)c2c1. The van der Waals surface area contributed by atoms with Gasteiger partial charge in [-0.25, -0.2) is 17.6 Å². The van der Waals surface area contributed by atoms with Gasteiger partial charge in [-0.3, -0.25) is 9.78 Å². The number of fused-ring (bicyclic) bond motifs is 1. The molecule has 39 heavy (non-hydrogen) atoms. The van der Waals surface area contributed by atoms with Crippen LogP contribution in [0, 0.1) is 29.8 Å². The summed E-state index contributed by atoms with van der Waals surface area (Å²) in [7, 11) is 1.55. The first-order valence-electron chi connectivity index (χ1n) is 12.9. The molecule has 0 unspecified atom stereocenters. The largest absolute Gasteiger partial charge is 0.497 e. The van der Waals surface area contributed by atoms with Gasteiger partial charge in [0.05, 0.1) is 23.9 Å². The monoisotopic (exact) mass is 564 g/mol. The number of benzene rings is 2. The molecule has 1 aromatic heterocycles. The van der Waals surface area contributed by atoms with Gasteiger partial charge in [-0.2, -0.15) is 0 Å². The zero-order chi connectivity index (χ0) is 28.2. The van der Waals surface area contributed by atoms with E-state index in [-0.39, 0.29) is 17.7 Å². The number of pyridine rings is 1. The maximum absolute atomic E-state index is 15.8. The molecule has 2 aromatic carbocycles. The number of carbonyl (C=O) groups is 1. The number of aryl methyl sites for hydroxylation is 1. The van der Waals surface area contributed by atoms with Crippen LogP contribution >= 0.6 is 11.8 Å². The molecule has 1 saturated heterocycles. The first-order chi connectivity index (χ1) is 18.6. The minimum Gasteiger partial charge on any atom is -0.497 e. The number of piperidine rings is 1. The molecule has 0 aliphatic carbocycles. The maximum atomic E-state index is 15.8. The van der Waals surface area contributed by atoms with Gasteiger partial charge in [0.1, 0.15) is 29.4 Å². The van der Waals surface area contributed by atoms with Crippen LogP contribution in [0.25, 0.3) is 10.9 Å². The second kappa shape index (κ2) is 12.6. The number of nitrogens with zero attached hydrogens (tertiary/aromatic N) is 2. The molecular formula is C29H32F4N2O3S. The quantitative estimate of drug-likeness (QED) is 0.198. The molecule has 1 aliphatic rings. The smallest absolute Gasteiger partial charge is 0.303 e. The molecule has 1 fully saturated rings. The molecule has 10 heteroatoms. The Balaban J connectivity index is 1.39. The molecule has 2 heterocycles. The Hall–Kier alpha value is -2.85. The fourth-order valence-electron chi connectivity index (χ4n) is 5.44. The Kier molecular flexibility index (Phi) is 9.38. The molecule has 1 aliphatic heterocycles. The topological polar surface area (TPSA) is 62.7 Å². The van der Waals surface area contributed by atoms with Gasteiger partial charge in [0.15, 0.2) is 0 Å². The maximum Gasteiger partial charge on any atom is 0.303 e. The van der Waals surface area contributed by atoms with Crippen molar-refractivity contribution in [3.8, 4) is 5.75 Å². The van der Waals surface area contributed by atoms with Crippen LogP contribution in [0.5, 0.6) is 5.75 Å². The number of aliphatic carboxylic acids is 1. The molecule has 1 N–H and O–H groups in total. The molecule has 210 valence electrons. The van der Waals surface area contributed by atoms with E-state index in [0.717, 1.165) is 17.3 Å². The van der Waals surface area contributed by atoms with Crippen molar-refractivity contribution in [1.82, 2.24) is 9.88 Å². The fraction of sp³-hybridized carbons (Fsp3) is 0.448. The Morgan fingerprint density at radius 3 is 2.51 bits per heavy atom. The molecule has 0 bridgehead atoms. The van der Waals surface area contributed by atoms with E-state index in [4.69, 9.17) is 4.74 Å². The number of halogens is 4. The Morgan fingerprint density at radius 2 is 1.87 bits per heavy atom. The van der Waals surface area contributed by atoms with Crippen LogP contribution in [0.15, 0.2) is 41.4 Å². The number of hydrogen-bond donors (Lipinski definition) is 1. The number of ether oxygens (including phenoxy) is 1. The summed E-state index contributed by atoms with van der Waals surface area (Å²) in [6.45, 7) is 3.57. The summed E-state index contributed by atoms with van der Waals surface area (Å²) < 4.78 is 62.1. The van der Waals surface area contributed by atoms with Gasteiger partial charge < -0.3 is 14.7 Å². The van der Waals surface area contributed by atoms with Gasteiger partial charge in [-0.1, -0.05) is 0 Å². The Bertz CT molecular complexity index is 1310. The van der Waals surface area contributed by atoms with Gasteiger partial charge in [-0.05, 0) is 80.4 Å². The van der Waals surface area contributed by atoms with Gasteiger partial charge in [-0.15, -0.1) is 11.8 Å². The minimum atomic E-state index is -1.29. The number of carboxylic acid groups (broad SMARTS) is 1. The van der Waals surface area contributed by atoms with E-state index >= 15 is 4.39 Å². The number of rotatable bonds is 11. The molecule has 4 rings (SSSR count). The number of likely N-dealkylation sites (tertiary alicyclic amines) is 1. The number of carboxylic acids is 1. The van der Waals surface area contributed by atoms with Gasteiger partial charge in [0.2, 0.25) is 0 Å². The average Bonchev–Trinajstić information content (AvgIpc) is 2.89. The van der Waals surface area contributed by atoms with Crippen molar-refractivity contribution < 1.29 is 32.2 Å². The molecule has 0 radical (unpaired) electrons. The van der Waals surface area contributed by atoms with E-state index in [2.05, 4.69) is 9.88 Å². The van der Waals surface area contributed by atoms with Gasteiger partial charge in [0.25, 0.3) is 0 Å². The third-order valence-electron chi connectivity index (χ3n) is 7.62. The average molecular weight is 565 g/mol. The van der Waals surface area contributed by atoms with Crippen molar-refractivity contribution in [3.63, 3.8) is 0 Å². The lowest BCUT2D eigenvalue weighted by molar-refractivity contribution is -0.141. The van der Waals surface area contributed by atoms with E-state index in [1.54, 1.807) is 31.5 Å². The second-order valence-corrected chi connectivity index (χ2v) is 11.3. The summed E-state index contributed by atoms with van der Waals surface area (Å²) in [4.78, 5) is 18.1. The van der Waals surface area contributed by atoms with Crippen LogP contribution in [-0.4, -0.2) is 53.5 Å². The van der Waals surface area contributed by atoms with E-state index in [1.807, 2.05) is 6.92 Å². The van der Waals surface area contributed by atoms with E-state index in [9.17, 15) is 23.1 Å². The third kappa shape index (κ3) is 7.03. The summed E-state index contributed by atoms with van der Waals surface area (Å²) in [5.74, 6) is -2.70. The van der Waals surface area contributed by atoms with Crippen LogP contribution in [-0.2, 0) is 4.79 Å². The molecule has 3 aromatic rings. The van der Waals surface area contributed by atoms with Crippen molar-refractivity contribution in [2.45, 2.75) is 50.1 Å². The second-order valence-electron chi connectivity index (χ2n) is 10.2. The highest BCUT2D eigenvalue weighted by atomic mass is 32.2. The van der Waals surface area contributed by atoms with Crippen molar-refractivity contribution in [2.24, 2.45) is 5.41 Å². The lowest BCUT2D eigenvalue weighted by Gasteiger charge is -2.41. The van der Waals surface area contributed by atoms with E-state index in [0.29, 0.717) is 79.0 Å². The molecule has 0 amide bonds. The number of aromatic nitrogens is 1. The summed E-state index contributed by atoms with van der Waals surface area (Å²) in [5, 5.41) is 10.3. The minimum absolute atomic E-state index is 0.0434. The van der Waals surface area contributed by atoms with Crippen molar-refractivity contribution in [2.75, 3.05) is 32.5 Å². The van der Waals surface area contributed by atoms with Crippen molar-refractivity contribution in [1.29, 1.82) is 0 Å². The molecule has 1 atom stereocenters. The van der Waals surface area contributed by atoms with Crippen LogP contribution in [0.2, 0.25) is 0 Å². The van der Waals surface area contributed by atoms with Crippen LogP contribution in [0.1, 0.15) is 49.4 Å². The zero-order valence-electron chi connectivity index (χ0n) is 22.0. The number of methoxy groups -OCH3 is 1. The van der Waals surface area contributed by atoms with Crippen LogP contribution < -0.4 is 4.74 Å². The first-order valence-corrected chi connectivity index (χ1v) is 13.9. The predicted molar refractivity (Wildman–Crippen MR) is 144 cm³/mol. The summed E-state index contributed by atoms with van der Waals surface area (Å²) in [5.41, 5.74) is 1.42. The summed E-state index contributed by atoms with van der Waals surface area (Å²) >= 11 is 0.987. The van der Waals surface area contributed by atoms with Gasteiger partial charge >= 0.3 is 5.97 Å². The molecule has 0 spiro atoms. The normalized spacial score (nSPS) is 16.4. The summed E-state index contributed by atoms with van der Waals surface area (Å²) in [6, 6.07) is 6.68. The van der Waals surface area contributed by atoms with Crippen LogP contribution in [0.4, 0.5) is 17.6 Å². The Morgan fingerprint density at radius 1 is 1.18 bits per heavy atom. The highest BCUT2D eigenvalue weighted by Gasteiger charge is 2.37. The molecule has 0 saturated carbocycles. The highest BCUT2D eigenvalue weighted by molar-refractivity contribution is 7.99. The third-order valence-corrected chi connectivity index (χ3v) is 8.68. The number of alkyl halides is 1. The lowest BCUT2D eigenvalue weighted by Crippen LogP contribution is -2.42. The first kappa shape index (κ1) is 29.1.